The molecule has 112 valence electrons. The molecule has 0 atom stereocenters. The molecule has 22 heavy (non-hydrogen) atoms. The summed E-state index contributed by atoms with van der Waals surface area (Å²) in [6.07, 6.45) is 1.61. The van der Waals surface area contributed by atoms with Gasteiger partial charge in [0.1, 0.15) is 18.1 Å². The molecule has 0 amide bonds. The van der Waals surface area contributed by atoms with E-state index >= 15 is 0 Å². The van der Waals surface area contributed by atoms with Crippen LogP contribution in [-0.4, -0.2) is 9.97 Å². The van der Waals surface area contributed by atoms with Gasteiger partial charge in [0.05, 0.1) is 10.6 Å². The Bertz CT molecular complexity index is 802. The lowest BCUT2D eigenvalue weighted by molar-refractivity contribution is 0.300. The van der Waals surface area contributed by atoms with Crippen LogP contribution in [0.3, 0.4) is 0 Å². The zero-order valence-electron chi connectivity index (χ0n) is 11.9. The lowest BCUT2D eigenvalue weighted by atomic mass is 10.2. The molecule has 2 N–H and O–H groups in total. The van der Waals surface area contributed by atoms with Crippen molar-refractivity contribution < 1.29 is 9.15 Å². The highest BCUT2D eigenvalue weighted by atomic mass is 35.5. The molecule has 0 fully saturated rings. The van der Waals surface area contributed by atoms with Gasteiger partial charge in [0.15, 0.2) is 11.6 Å². The van der Waals surface area contributed by atoms with Crippen LogP contribution >= 0.6 is 11.6 Å². The molecule has 2 aromatic heterocycles. The van der Waals surface area contributed by atoms with Crippen molar-refractivity contribution in [2.24, 2.45) is 0 Å². The number of pyridine rings is 1. The summed E-state index contributed by atoms with van der Waals surface area (Å²) in [5, 5.41) is 0.590. The Morgan fingerprint density at radius 1 is 1.23 bits per heavy atom. The van der Waals surface area contributed by atoms with Crippen LogP contribution in [0.25, 0.3) is 11.5 Å². The van der Waals surface area contributed by atoms with Crippen molar-refractivity contribution in [1.82, 2.24) is 9.97 Å². The van der Waals surface area contributed by atoms with E-state index in [4.69, 9.17) is 26.5 Å². The lowest BCUT2D eigenvalue weighted by Crippen LogP contribution is -2.01. The van der Waals surface area contributed by atoms with Crippen molar-refractivity contribution in [1.29, 1.82) is 0 Å². The number of benzene rings is 1. The van der Waals surface area contributed by atoms with Gasteiger partial charge in [-0.2, -0.15) is 0 Å². The Hall–Kier alpha value is -2.53. The molecule has 2 heterocycles. The molecule has 1 aromatic carbocycles. The molecule has 0 bridgehead atoms. The van der Waals surface area contributed by atoms with E-state index < -0.39 is 0 Å². The van der Waals surface area contributed by atoms with Crippen LogP contribution in [0.4, 0.5) is 5.82 Å². The number of aryl methyl sites for hydroxylation is 1. The summed E-state index contributed by atoms with van der Waals surface area (Å²) in [6, 6.07) is 10.9. The summed E-state index contributed by atoms with van der Waals surface area (Å²) in [4.78, 5) is 8.42. The molecule has 0 radical (unpaired) electrons. The normalized spacial score (nSPS) is 10.6. The average molecular weight is 316 g/mol. The molecular weight excluding hydrogens is 302 g/mol. The maximum Gasteiger partial charge on any atom is 0.228 e. The molecule has 0 unspecified atom stereocenters. The summed E-state index contributed by atoms with van der Waals surface area (Å²) >= 11 is 6.16. The fourth-order valence-electron chi connectivity index (χ4n) is 1.98. The van der Waals surface area contributed by atoms with Crippen LogP contribution in [0.1, 0.15) is 11.5 Å². The summed E-state index contributed by atoms with van der Waals surface area (Å²) in [6.45, 7) is 2.08. The van der Waals surface area contributed by atoms with E-state index in [0.29, 0.717) is 33.9 Å². The van der Waals surface area contributed by atoms with E-state index in [0.717, 1.165) is 5.56 Å². The number of rotatable bonds is 4. The van der Waals surface area contributed by atoms with Crippen LogP contribution < -0.4 is 10.5 Å². The van der Waals surface area contributed by atoms with Gasteiger partial charge in [0.25, 0.3) is 0 Å². The van der Waals surface area contributed by atoms with Gasteiger partial charge in [0.2, 0.25) is 5.89 Å². The first-order chi connectivity index (χ1) is 10.6. The van der Waals surface area contributed by atoms with Crippen LogP contribution in [0.15, 0.2) is 47.0 Å². The molecule has 3 aromatic rings. The number of anilines is 1. The molecule has 0 spiro atoms. The highest BCUT2D eigenvalue weighted by Crippen LogP contribution is 2.29. The van der Waals surface area contributed by atoms with Gasteiger partial charge in [-0.15, -0.1) is 0 Å². The standard InChI is InChI=1S/C16H14ClN3O2/c1-10-13(9-21-14-7-4-8-19-15(14)18)20-16(22-10)11-5-2-3-6-12(11)17/h2-8H,9H2,1H3,(H2,18,19). The molecule has 0 saturated heterocycles. The third kappa shape index (κ3) is 2.89. The van der Waals surface area contributed by atoms with E-state index in [-0.39, 0.29) is 6.61 Å². The van der Waals surface area contributed by atoms with Crippen molar-refractivity contribution >= 4 is 17.4 Å². The van der Waals surface area contributed by atoms with Gasteiger partial charge >= 0.3 is 0 Å². The maximum absolute atomic E-state index is 6.16. The molecule has 0 aliphatic carbocycles. The summed E-state index contributed by atoms with van der Waals surface area (Å²) in [7, 11) is 0. The number of hydrogen-bond acceptors (Lipinski definition) is 5. The van der Waals surface area contributed by atoms with Gasteiger partial charge < -0.3 is 14.9 Å². The Kier molecular flexibility index (Phi) is 3.98. The first-order valence-corrected chi connectivity index (χ1v) is 7.07. The predicted octanol–water partition coefficient (Wildman–Crippen LogP) is 3.86. The van der Waals surface area contributed by atoms with Crippen molar-refractivity contribution in [2.45, 2.75) is 13.5 Å². The highest BCUT2D eigenvalue weighted by molar-refractivity contribution is 6.33. The highest BCUT2D eigenvalue weighted by Gasteiger charge is 2.14. The second-order valence-electron chi connectivity index (χ2n) is 4.68. The summed E-state index contributed by atoms with van der Waals surface area (Å²) in [5.74, 6) is 2.01. The number of oxazole rings is 1. The van der Waals surface area contributed by atoms with Crippen molar-refractivity contribution in [3.8, 4) is 17.2 Å². The average Bonchev–Trinajstić information content (AvgIpc) is 2.88. The molecule has 6 heteroatoms. The number of nitrogens with zero attached hydrogens (tertiary/aromatic N) is 2. The maximum atomic E-state index is 6.16. The minimum absolute atomic E-state index is 0.246. The number of nitrogen functional groups attached to an aromatic ring is 1. The van der Waals surface area contributed by atoms with E-state index in [1.54, 1.807) is 24.4 Å². The van der Waals surface area contributed by atoms with E-state index in [1.807, 2.05) is 25.1 Å². The minimum Gasteiger partial charge on any atom is -0.483 e. The van der Waals surface area contributed by atoms with Gasteiger partial charge in [-0.3, -0.25) is 0 Å². The molecule has 0 saturated carbocycles. The van der Waals surface area contributed by atoms with Gasteiger partial charge in [0, 0.05) is 6.20 Å². The molecular formula is C16H14ClN3O2. The monoisotopic (exact) mass is 315 g/mol. The van der Waals surface area contributed by atoms with E-state index in [1.165, 1.54) is 0 Å². The Labute approximate surface area is 132 Å². The smallest absolute Gasteiger partial charge is 0.228 e. The Morgan fingerprint density at radius 3 is 2.82 bits per heavy atom. The number of aromatic nitrogens is 2. The Morgan fingerprint density at radius 2 is 2.05 bits per heavy atom. The zero-order chi connectivity index (χ0) is 15.5. The Balaban J connectivity index is 1.82. The molecule has 0 aliphatic heterocycles. The van der Waals surface area contributed by atoms with Crippen molar-refractivity contribution in [3.63, 3.8) is 0 Å². The second-order valence-corrected chi connectivity index (χ2v) is 5.08. The molecule has 3 rings (SSSR count). The lowest BCUT2D eigenvalue weighted by Gasteiger charge is -2.05. The number of ether oxygens (including phenoxy) is 1. The second kappa shape index (κ2) is 6.07. The van der Waals surface area contributed by atoms with Crippen molar-refractivity contribution in [3.05, 3.63) is 59.1 Å². The van der Waals surface area contributed by atoms with E-state index in [2.05, 4.69) is 9.97 Å². The van der Waals surface area contributed by atoms with Crippen LogP contribution in [-0.2, 0) is 6.61 Å². The van der Waals surface area contributed by atoms with Crippen LogP contribution in [0.2, 0.25) is 5.02 Å². The van der Waals surface area contributed by atoms with Crippen LogP contribution in [0, 0.1) is 6.92 Å². The number of hydrogen-bond donors (Lipinski definition) is 1. The summed E-state index contributed by atoms with van der Waals surface area (Å²) in [5.41, 5.74) is 7.18. The third-order valence-corrected chi connectivity index (χ3v) is 3.49. The number of nitrogens with two attached hydrogens (primary N) is 1. The summed E-state index contributed by atoms with van der Waals surface area (Å²) < 4.78 is 11.3. The molecule has 5 nitrogen and oxygen atoms in total. The molecule has 0 aliphatic rings. The van der Waals surface area contributed by atoms with Gasteiger partial charge in [-0.25, -0.2) is 9.97 Å². The van der Waals surface area contributed by atoms with Gasteiger partial charge in [-0.1, -0.05) is 23.7 Å². The largest absolute Gasteiger partial charge is 0.483 e. The zero-order valence-corrected chi connectivity index (χ0v) is 12.7. The van der Waals surface area contributed by atoms with Crippen molar-refractivity contribution in [2.75, 3.05) is 5.73 Å². The van der Waals surface area contributed by atoms with E-state index in [9.17, 15) is 0 Å². The minimum atomic E-state index is 0.246. The quantitative estimate of drug-likeness (QED) is 0.791. The van der Waals surface area contributed by atoms with Crippen LogP contribution in [0.5, 0.6) is 5.75 Å². The SMILES string of the molecule is Cc1oc(-c2ccccc2Cl)nc1COc1cccnc1N. The third-order valence-electron chi connectivity index (χ3n) is 3.16. The fourth-order valence-corrected chi connectivity index (χ4v) is 2.20. The number of halogens is 1. The first kappa shape index (κ1) is 14.4. The topological polar surface area (TPSA) is 74.2 Å². The fraction of sp³-hybridized carbons (Fsp3) is 0.125. The first-order valence-electron chi connectivity index (χ1n) is 6.69. The van der Waals surface area contributed by atoms with Gasteiger partial charge in [-0.05, 0) is 31.2 Å². The predicted molar refractivity (Wildman–Crippen MR) is 84.7 cm³/mol.